The average Bonchev–Trinajstić information content (AvgIpc) is 2.67. The monoisotopic (exact) mass is 471 g/mol. The fourth-order valence-electron chi connectivity index (χ4n) is 3.34. The van der Waals surface area contributed by atoms with Crippen molar-refractivity contribution in [3.05, 3.63) is 29.6 Å². The quantitative estimate of drug-likeness (QED) is 0.456. The van der Waals surface area contributed by atoms with Gasteiger partial charge in [0, 0.05) is 19.5 Å². The van der Waals surface area contributed by atoms with Crippen LogP contribution in [0.2, 0.25) is 0 Å². The second kappa shape index (κ2) is 11.1. The number of nitrogens with zero attached hydrogens (tertiary/aromatic N) is 1. The highest BCUT2D eigenvalue weighted by atomic mass is 32.2. The minimum atomic E-state index is -3.58. The molecule has 1 fully saturated rings. The van der Waals surface area contributed by atoms with E-state index in [0.717, 1.165) is 0 Å². The van der Waals surface area contributed by atoms with Gasteiger partial charge in [-0.2, -0.15) is 0 Å². The molecule has 0 aromatic heterocycles. The predicted molar refractivity (Wildman–Crippen MR) is 120 cm³/mol. The highest BCUT2D eigenvalue weighted by molar-refractivity contribution is 7.89. The first-order chi connectivity index (χ1) is 14.9. The van der Waals surface area contributed by atoms with Crippen molar-refractivity contribution in [2.75, 3.05) is 25.4 Å². The summed E-state index contributed by atoms with van der Waals surface area (Å²) < 4.78 is 47.5. The van der Waals surface area contributed by atoms with Crippen LogP contribution >= 0.6 is 0 Å². The number of halogens is 1. The fourth-order valence-corrected chi connectivity index (χ4v) is 4.92. The number of carbonyl (C=O) groups is 2. The highest BCUT2D eigenvalue weighted by Gasteiger charge is 2.28. The van der Waals surface area contributed by atoms with Gasteiger partial charge in [0.1, 0.15) is 0 Å². The summed E-state index contributed by atoms with van der Waals surface area (Å²) in [5.41, 5.74) is -0.340. The summed E-state index contributed by atoms with van der Waals surface area (Å²) in [5.74, 6) is -0.479. The third-order valence-corrected chi connectivity index (χ3v) is 6.77. The van der Waals surface area contributed by atoms with Gasteiger partial charge in [0.15, 0.2) is 11.6 Å². The Kier molecular flexibility index (Phi) is 9.03. The summed E-state index contributed by atoms with van der Waals surface area (Å²) in [7, 11) is -3.58. The van der Waals surface area contributed by atoms with Gasteiger partial charge in [-0.3, -0.25) is 10.1 Å². The fraction of sp³-hybridized carbons (Fsp3) is 0.636. The molecule has 1 aromatic carbocycles. The lowest BCUT2D eigenvalue weighted by molar-refractivity contribution is -0.121. The van der Waals surface area contributed by atoms with Crippen LogP contribution in [0, 0.1) is 11.7 Å². The number of imide groups is 1. The summed E-state index contributed by atoms with van der Waals surface area (Å²) in [4.78, 5) is 24.4. The zero-order valence-corrected chi connectivity index (χ0v) is 20.1. The third kappa shape index (κ3) is 8.05. The van der Waals surface area contributed by atoms with Crippen molar-refractivity contribution in [2.24, 2.45) is 5.92 Å². The van der Waals surface area contributed by atoms with Crippen LogP contribution in [0.3, 0.4) is 0 Å². The Hall–Kier alpha value is -2.20. The first-order valence-corrected chi connectivity index (χ1v) is 12.6. The molecule has 1 aliphatic rings. The number of sulfonamides is 1. The summed E-state index contributed by atoms with van der Waals surface area (Å²) >= 11 is 0. The predicted octanol–water partition coefficient (Wildman–Crippen LogP) is 3.13. The van der Waals surface area contributed by atoms with E-state index in [1.807, 2.05) is 13.8 Å². The highest BCUT2D eigenvalue weighted by Crippen LogP contribution is 2.27. The zero-order valence-electron chi connectivity index (χ0n) is 19.2. The van der Waals surface area contributed by atoms with Crippen molar-refractivity contribution < 1.29 is 27.1 Å². The SMILES string of the molecule is CC(C)COc1cc(C(C)(C)NS(=O)(=O)CCCCCN2CCC(=O)NC2=O)ccc1F. The Labute approximate surface area is 189 Å². The number of amides is 3. The van der Waals surface area contributed by atoms with E-state index in [1.54, 1.807) is 24.8 Å². The Morgan fingerprint density at radius 1 is 1.22 bits per heavy atom. The first kappa shape index (κ1) is 26.1. The molecule has 0 unspecified atom stereocenters. The first-order valence-electron chi connectivity index (χ1n) is 10.9. The zero-order chi connectivity index (χ0) is 23.9. The maximum absolute atomic E-state index is 14.1. The minimum Gasteiger partial charge on any atom is -0.490 e. The van der Waals surface area contributed by atoms with Crippen LogP contribution in [-0.4, -0.2) is 50.7 Å². The second-order valence-electron chi connectivity index (χ2n) is 9.05. The number of ether oxygens (including phenoxy) is 1. The smallest absolute Gasteiger partial charge is 0.324 e. The molecular formula is C22H34FN3O5S. The minimum absolute atomic E-state index is 0.0565. The van der Waals surface area contributed by atoms with Crippen LogP contribution in [0.5, 0.6) is 5.75 Å². The van der Waals surface area contributed by atoms with Gasteiger partial charge in [-0.15, -0.1) is 0 Å². The van der Waals surface area contributed by atoms with E-state index in [9.17, 15) is 22.4 Å². The maximum Gasteiger partial charge on any atom is 0.324 e. The molecule has 2 rings (SSSR count). The van der Waals surface area contributed by atoms with E-state index in [0.29, 0.717) is 44.5 Å². The molecule has 8 nitrogen and oxygen atoms in total. The van der Waals surface area contributed by atoms with Crippen molar-refractivity contribution in [1.82, 2.24) is 14.9 Å². The number of benzene rings is 1. The van der Waals surface area contributed by atoms with Gasteiger partial charge in [0.2, 0.25) is 15.9 Å². The van der Waals surface area contributed by atoms with Crippen LogP contribution in [-0.2, 0) is 20.4 Å². The molecule has 180 valence electrons. The van der Waals surface area contributed by atoms with E-state index in [4.69, 9.17) is 4.74 Å². The molecule has 1 aromatic rings. The van der Waals surface area contributed by atoms with Gasteiger partial charge in [-0.1, -0.05) is 26.3 Å². The summed E-state index contributed by atoms with van der Waals surface area (Å²) in [5, 5.41) is 2.27. The average molecular weight is 472 g/mol. The lowest BCUT2D eigenvalue weighted by Gasteiger charge is -2.27. The maximum atomic E-state index is 14.1. The molecule has 2 N–H and O–H groups in total. The van der Waals surface area contributed by atoms with Crippen LogP contribution in [0.1, 0.15) is 58.9 Å². The molecule has 1 saturated heterocycles. The van der Waals surface area contributed by atoms with Gasteiger partial charge in [-0.05, 0) is 50.3 Å². The van der Waals surface area contributed by atoms with Gasteiger partial charge >= 0.3 is 6.03 Å². The molecule has 1 heterocycles. The van der Waals surface area contributed by atoms with Crippen molar-refractivity contribution in [3.8, 4) is 5.75 Å². The Morgan fingerprint density at radius 2 is 1.94 bits per heavy atom. The molecule has 0 saturated carbocycles. The third-order valence-electron chi connectivity index (χ3n) is 5.12. The topological polar surface area (TPSA) is 105 Å². The number of unbranched alkanes of at least 4 members (excludes halogenated alkanes) is 2. The lowest BCUT2D eigenvalue weighted by atomic mass is 9.95. The number of rotatable bonds is 12. The van der Waals surface area contributed by atoms with Crippen LogP contribution in [0.25, 0.3) is 0 Å². The lowest BCUT2D eigenvalue weighted by Crippen LogP contribution is -2.49. The summed E-state index contributed by atoms with van der Waals surface area (Å²) in [6, 6.07) is 3.97. The van der Waals surface area contributed by atoms with Gasteiger partial charge in [0.05, 0.1) is 17.9 Å². The van der Waals surface area contributed by atoms with Crippen LogP contribution < -0.4 is 14.8 Å². The van der Waals surface area contributed by atoms with Crippen molar-refractivity contribution in [3.63, 3.8) is 0 Å². The molecule has 10 heteroatoms. The Balaban J connectivity index is 1.85. The largest absolute Gasteiger partial charge is 0.490 e. The van der Waals surface area contributed by atoms with Gasteiger partial charge in [0.25, 0.3) is 0 Å². The number of urea groups is 1. The number of nitrogens with one attached hydrogen (secondary N) is 2. The Bertz CT molecular complexity index is 918. The number of carbonyl (C=O) groups excluding carboxylic acids is 2. The standard InChI is InChI=1S/C22H34FN3O5S/c1-16(2)15-31-19-14-17(8-9-18(19)23)22(3,4)25-32(29,30)13-7-5-6-11-26-12-10-20(27)24-21(26)28/h8-9,14,16,25H,5-7,10-13,15H2,1-4H3,(H,24,27,28). The number of hydrogen-bond donors (Lipinski definition) is 2. The summed E-state index contributed by atoms with van der Waals surface area (Å²) in [6.07, 6.45) is 2.00. The van der Waals surface area contributed by atoms with Gasteiger partial charge < -0.3 is 9.64 Å². The van der Waals surface area contributed by atoms with E-state index in [1.165, 1.54) is 12.1 Å². The molecule has 0 radical (unpaired) electrons. The van der Waals surface area contributed by atoms with E-state index in [2.05, 4.69) is 10.0 Å². The normalized spacial score (nSPS) is 15.2. The molecule has 0 aliphatic carbocycles. The van der Waals surface area contributed by atoms with Crippen molar-refractivity contribution >= 4 is 22.0 Å². The molecule has 0 spiro atoms. The number of hydrogen-bond acceptors (Lipinski definition) is 5. The van der Waals surface area contributed by atoms with Crippen molar-refractivity contribution in [2.45, 2.75) is 58.9 Å². The molecule has 32 heavy (non-hydrogen) atoms. The van der Waals surface area contributed by atoms with E-state index < -0.39 is 27.4 Å². The van der Waals surface area contributed by atoms with E-state index in [-0.39, 0.29) is 29.7 Å². The van der Waals surface area contributed by atoms with Crippen LogP contribution in [0.4, 0.5) is 9.18 Å². The van der Waals surface area contributed by atoms with E-state index >= 15 is 0 Å². The molecule has 3 amide bonds. The molecule has 0 bridgehead atoms. The summed E-state index contributed by atoms with van der Waals surface area (Å²) in [6.45, 7) is 8.60. The molecule has 0 atom stereocenters. The second-order valence-corrected chi connectivity index (χ2v) is 10.9. The molecular weight excluding hydrogens is 437 g/mol. The van der Waals surface area contributed by atoms with Gasteiger partial charge in [-0.25, -0.2) is 22.3 Å². The Morgan fingerprint density at radius 3 is 2.59 bits per heavy atom. The molecule has 1 aliphatic heterocycles. The van der Waals surface area contributed by atoms with Crippen LogP contribution in [0.15, 0.2) is 18.2 Å². The van der Waals surface area contributed by atoms with Crippen molar-refractivity contribution in [1.29, 1.82) is 0 Å².